The maximum absolute atomic E-state index is 12.3. The van der Waals surface area contributed by atoms with Crippen molar-refractivity contribution in [2.75, 3.05) is 6.26 Å². The van der Waals surface area contributed by atoms with Gasteiger partial charge in [-0.2, -0.15) is 9.29 Å². The molecule has 11 heteroatoms. The summed E-state index contributed by atoms with van der Waals surface area (Å²) in [7, 11) is -3.41. The van der Waals surface area contributed by atoms with E-state index >= 15 is 0 Å². The largest absolute Gasteiger partial charge is 0.340 e. The van der Waals surface area contributed by atoms with Gasteiger partial charge in [-0.25, -0.2) is 8.42 Å². The Hall–Kier alpha value is -2.30. The fraction of sp³-hybridized carbons (Fsp3) is 0.500. The van der Waals surface area contributed by atoms with Crippen molar-refractivity contribution in [2.24, 2.45) is 0 Å². The molecule has 0 amide bonds. The van der Waals surface area contributed by atoms with Gasteiger partial charge in [0.25, 0.3) is 0 Å². The number of fused-ring (bicyclic) bond motifs is 3. The van der Waals surface area contributed by atoms with Crippen LogP contribution >= 0.6 is 11.6 Å². The van der Waals surface area contributed by atoms with Gasteiger partial charge in [0, 0.05) is 30.3 Å². The molecule has 0 saturated heterocycles. The van der Waals surface area contributed by atoms with E-state index in [0.717, 1.165) is 48.6 Å². The summed E-state index contributed by atoms with van der Waals surface area (Å²) >= 11 is 6.23. The number of hydrogen-bond acceptors (Lipinski definition) is 7. The van der Waals surface area contributed by atoms with Crippen LogP contribution in [0.4, 0.5) is 0 Å². The third-order valence-corrected chi connectivity index (χ3v) is 7.60. The highest BCUT2D eigenvalue weighted by atomic mass is 35.5. The molecule has 3 heterocycles. The van der Waals surface area contributed by atoms with Crippen molar-refractivity contribution >= 4 is 21.6 Å². The Morgan fingerprint density at radius 1 is 1.10 bits per heavy atom. The lowest BCUT2D eigenvalue weighted by Gasteiger charge is -2.26. The van der Waals surface area contributed by atoms with E-state index < -0.39 is 10.0 Å². The highest BCUT2D eigenvalue weighted by molar-refractivity contribution is 7.88. The van der Waals surface area contributed by atoms with Crippen LogP contribution in [0.1, 0.15) is 66.4 Å². The molecule has 0 radical (unpaired) electrons. The fourth-order valence-corrected chi connectivity index (χ4v) is 5.51. The number of hydrogen-bond donors (Lipinski definition) is 0. The Morgan fingerprint density at radius 3 is 2.52 bits per heavy atom. The van der Waals surface area contributed by atoms with E-state index in [1.807, 2.05) is 22.8 Å². The highest BCUT2D eigenvalue weighted by Crippen LogP contribution is 2.40. The molecule has 0 bridgehead atoms. The third kappa shape index (κ3) is 3.88. The molecule has 5 rings (SSSR count). The van der Waals surface area contributed by atoms with Gasteiger partial charge >= 0.3 is 0 Å². The second-order valence-corrected chi connectivity index (χ2v) is 10.8. The molecular formula is C20H23ClN6O3S. The molecule has 3 aromatic rings. The first-order valence-corrected chi connectivity index (χ1v) is 12.5. The van der Waals surface area contributed by atoms with Gasteiger partial charge in [-0.1, -0.05) is 16.8 Å². The Labute approximate surface area is 185 Å². The summed E-state index contributed by atoms with van der Waals surface area (Å²) < 4.78 is 33.3. The average Bonchev–Trinajstić information content (AvgIpc) is 3.30. The minimum Gasteiger partial charge on any atom is -0.340 e. The van der Waals surface area contributed by atoms with Gasteiger partial charge in [0.15, 0.2) is 11.6 Å². The lowest BCUT2D eigenvalue weighted by atomic mass is 9.81. The van der Waals surface area contributed by atoms with E-state index in [-0.39, 0.29) is 24.9 Å². The van der Waals surface area contributed by atoms with Crippen LogP contribution in [-0.2, 0) is 23.1 Å². The van der Waals surface area contributed by atoms with Crippen LogP contribution < -0.4 is 0 Å². The summed E-state index contributed by atoms with van der Waals surface area (Å²) in [5.41, 5.74) is 1.73. The molecule has 1 saturated carbocycles. The summed E-state index contributed by atoms with van der Waals surface area (Å²) in [6.45, 7) is 2.23. The predicted molar refractivity (Wildman–Crippen MR) is 113 cm³/mol. The number of nitrogens with zero attached hydrogens (tertiary/aromatic N) is 6. The molecule has 1 aromatic carbocycles. The lowest BCUT2D eigenvalue weighted by Crippen LogP contribution is -2.28. The molecule has 0 atom stereocenters. The summed E-state index contributed by atoms with van der Waals surface area (Å²) in [4.78, 5) is 4.39. The zero-order valence-corrected chi connectivity index (χ0v) is 18.9. The normalized spacial score (nSPS) is 22.0. The SMILES string of the molecule is Cc1nc(C2CCC(c3nnc4n3-c3ccc(Cl)cc3CN(S(C)(=O)=O)C4)CC2)no1. The van der Waals surface area contributed by atoms with Crippen molar-refractivity contribution in [3.63, 3.8) is 0 Å². The fourth-order valence-electron chi connectivity index (χ4n) is 4.59. The van der Waals surface area contributed by atoms with Crippen molar-refractivity contribution in [1.82, 2.24) is 29.2 Å². The lowest BCUT2D eigenvalue weighted by molar-refractivity contribution is 0.347. The average molecular weight is 463 g/mol. The van der Waals surface area contributed by atoms with Crippen LogP contribution in [0, 0.1) is 6.92 Å². The zero-order valence-electron chi connectivity index (χ0n) is 17.3. The molecule has 1 fully saturated rings. The summed E-state index contributed by atoms with van der Waals surface area (Å²) in [5.74, 6) is 3.37. The molecule has 31 heavy (non-hydrogen) atoms. The molecule has 1 aliphatic carbocycles. The van der Waals surface area contributed by atoms with Crippen LogP contribution in [0.5, 0.6) is 0 Å². The topological polar surface area (TPSA) is 107 Å². The smallest absolute Gasteiger partial charge is 0.223 e. The maximum atomic E-state index is 12.3. The number of halogens is 1. The van der Waals surface area contributed by atoms with Crippen LogP contribution in [0.2, 0.25) is 5.02 Å². The minimum atomic E-state index is -3.41. The van der Waals surface area contributed by atoms with E-state index in [9.17, 15) is 8.42 Å². The number of aromatic nitrogens is 5. The first-order valence-electron chi connectivity index (χ1n) is 10.3. The molecule has 1 aliphatic heterocycles. The maximum Gasteiger partial charge on any atom is 0.223 e. The Morgan fingerprint density at radius 2 is 1.84 bits per heavy atom. The van der Waals surface area contributed by atoms with Crippen molar-refractivity contribution in [2.45, 2.75) is 57.5 Å². The number of rotatable bonds is 3. The third-order valence-electron chi connectivity index (χ3n) is 6.17. The molecule has 0 unspecified atom stereocenters. The zero-order chi connectivity index (χ0) is 21.8. The molecular weight excluding hydrogens is 440 g/mol. The number of aryl methyl sites for hydroxylation is 1. The first-order chi connectivity index (χ1) is 14.8. The van der Waals surface area contributed by atoms with Gasteiger partial charge in [-0.05, 0) is 49.4 Å². The van der Waals surface area contributed by atoms with E-state index in [0.29, 0.717) is 16.7 Å². The molecule has 0 spiro atoms. The van der Waals surface area contributed by atoms with Crippen LogP contribution in [0.3, 0.4) is 0 Å². The standard InChI is InChI=1S/C20H23ClN6O3S/c1-12-22-19(25-30-12)13-3-5-14(6-4-13)20-24-23-18-11-26(31(2,28)29)10-15-9-16(21)7-8-17(15)27(18)20/h7-9,13-14H,3-6,10-11H2,1-2H3. The molecule has 2 aliphatic rings. The summed E-state index contributed by atoms with van der Waals surface area (Å²) in [5, 5.41) is 13.6. The molecule has 9 nitrogen and oxygen atoms in total. The molecule has 164 valence electrons. The van der Waals surface area contributed by atoms with Crippen molar-refractivity contribution in [3.05, 3.63) is 52.1 Å². The van der Waals surface area contributed by atoms with Crippen molar-refractivity contribution < 1.29 is 12.9 Å². The monoisotopic (exact) mass is 462 g/mol. The number of benzene rings is 1. The van der Waals surface area contributed by atoms with Crippen molar-refractivity contribution in [1.29, 1.82) is 0 Å². The van der Waals surface area contributed by atoms with Gasteiger partial charge < -0.3 is 4.52 Å². The summed E-state index contributed by atoms with van der Waals surface area (Å²) in [6.07, 6.45) is 4.94. The van der Waals surface area contributed by atoms with Gasteiger partial charge in [0.2, 0.25) is 15.9 Å². The van der Waals surface area contributed by atoms with E-state index in [1.54, 1.807) is 6.92 Å². The van der Waals surface area contributed by atoms with E-state index in [4.69, 9.17) is 16.1 Å². The second kappa shape index (κ2) is 7.68. The molecule has 2 aromatic heterocycles. The van der Waals surface area contributed by atoms with Crippen LogP contribution in [0.25, 0.3) is 5.69 Å². The van der Waals surface area contributed by atoms with Crippen LogP contribution in [-0.4, -0.2) is 43.9 Å². The number of sulfonamides is 1. The van der Waals surface area contributed by atoms with Crippen molar-refractivity contribution in [3.8, 4) is 5.69 Å². The van der Waals surface area contributed by atoms with Gasteiger partial charge in [0.05, 0.1) is 18.5 Å². The quantitative estimate of drug-likeness (QED) is 0.587. The van der Waals surface area contributed by atoms with E-state index in [1.165, 1.54) is 10.6 Å². The Bertz CT molecular complexity index is 1230. The minimum absolute atomic E-state index is 0.176. The van der Waals surface area contributed by atoms with Gasteiger partial charge in [-0.15, -0.1) is 10.2 Å². The van der Waals surface area contributed by atoms with Gasteiger partial charge in [0.1, 0.15) is 5.82 Å². The first kappa shape index (κ1) is 20.6. The highest BCUT2D eigenvalue weighted by Gasteiger charge is 2.33. The Balaban J connectivity index is 1.49. The Kier molecular flexibility index (Phi) is 5.10. The van der Waals surface area contributed by atoms with E-state index in [2.05, 4.69) is 20.3 Å². The molecule has 0 N–H and O–H groups in total. The second-order valence-electron chi connectivity index (χ2n) is 8.33. The predicted octanol–water partition coefficient (Wildman–Crippen LogP) is 3.33. The van der Waals surface area contributed by atoms with Gasteiger partial charge in [-0.3, -0.25) is 4.57 Å². The van der Waals surface area contributed by atoms with Crippen LogP contribution in [0.15, 0.2) is 22.7 Å². The summed E-state index contributed by atoms with van der Waals surface area (Å²) in [6, 6.07) is 5.57.